The summed E-state index contributed by atoms with van der Waals surface area (Å²) in [6.45, 7) is 0. The topological polar surface area (TPSA) is 28.7 Å². The first-order valence-corrected chi connectivity index (χ1v) is 5.52. The van der Waals surface area contributed by atoms with Gasteiger partial charge in [-0.05, 0) is 23.3 Å². The lowest BCUT2D eigenvalue weighted by molar-refractivity contribution is 1.02. The van der Waals surface area contributed by atoms with E-state index in [4.69, 9.17) is 23.2 Å². The average molecular weight is 278 g/mol. The summed E-state index contributed by atoms with van der Waals surface area (Å²) in [5.74, 6) is 1.41. The maximum Gasteiger partial charge on any atom is 0.110 e. The van der Waals surface area contributed by atoms with Crippen LogP contribution < -0.4 is 0 Å². The van der Waals surface area contributed by atoms with Gasteiger partial charge in [-0.3, -0.25) is 0 Å². The van der Waals surface area contributed by atoms with Gasteiger partial charge < -0.3 is 4.98 Å². The lowest BCUT2D eigenvalue weighted by Crippen LogP contribution is -1.92. The molecule has 0 fully saturated rings. The van der Waals surface area contributed by atoms with Gasteiger partial charge in [0.25, 0.3) is 0 Å². The molecule has 2 aromatic rings. The fourth-order valence-corrected chi connectivity index (χ4v) is 1.92. The number of imidazole rings is 1. The Kier molecular flexibility index (Phi) is 5.13. The molecule has 0 aliphatic heterocycles. The molecule has 0 spiro atoms. The van der Waals surface area contributed by atoms with E-state index in [1.54, 1.807) is 6.20 Å². The Morgan fingerprint density at radius 2 is 1.94 bits per heavy atom. The summed E-state index contributed by atoms with van der Waals surface area (Å²) in [5.41, 5.74) is 2.15. The molecule has 0 unspecified atom stereocenters. The molecule has 0 radical (unpaired) electrons. The third-order valence-electron chi connectivity index (χ3n) is 2.10. The van der Waals surface area contributed by atoms with Gasteiger partial charge in [0, 0.05) is 29.7 Å². The zero-order chi connectivity index (χ0) is 10.7. The average Bonchev–Trinajstić information content (AvgIpc) is 2.69. The number of nitrogens with zero attached hydrogens (tertiary/aromatic N) is 1. The fraction of sp³-hybridized carbons (Fsp3) is 0.182. The van der Waals surface area contributed by atoms with Crippen LogP contribution in [-0.2, 0) is 12.3 Å². The molecule has 0 aliphatic rings. The van der Waals surface area contributed by atoms with Crippen LogP contribution in [-0.4, -0.2) is 9.97 Å². The summed E-state index contributed by atoms with van der Waals surface area (Å²) < 4.78 is 0. The Balaban J connectivity index is 0.00000128. The van der Waals surface area contributed by atoms with Crippen molar-refractivity contribution >= 4 is 35.6 Å². The Bertz CT molecular complexity index is 440. The zero-order valence-corrected chi connectivity index (χ0v) is 10.7. The third-order valence-corrected chi connectivity index (χ3v) is 2.62. The largest absolute Gasteiger partial charge is 0.348 e. The number of rotatable bonds is 3. The van der Waals surface area contributed by atoms with Crippen molar-refractivity contribution in [2.45, 2.75) is 12.3 Å². The van der Waals surface area contributed by atoms with E-state index in [1.807, 2.05) is 24.4 Å². The summed E-state index contributed by atoms with van der Waals surface area (Å²) in [4.78, 5) is 7.22. The molecular weight excluding hydrogens is 266 g/mol. The second-order valence-corrected chi connectivity index (χ2v) is 4.02. The second-order valence-electron chi connectivity index (χ2n) is 3.31. The first-order valence-electron chi connectivity index (χ1n) is 4.60. The summed E-state index contributed by atoms with van der Waals surface area (Å²) in [7, 11) is 0. The lowest BCUT2D eigenvalue weighted by Gasteiger charge is -2.03. The molecule has 0 amide bonds. The number of halogens is 3. The molecule has 86 valence electrons. The van der Waals surface area contributed by atoms with Crippen molar-refractivity contribution in [3.05, 3.63) is 52.6 Å². The van der Waals surface area contributed by atoms with Gasteiger partial charge >= 0.3 is 0 Å². The summed E-state index contributed by atoms with van der Waals surface area (Å²) in [5, 5.41) is 0.717. The number of benzene rings is 1. The quantitative estimate of drug-likeness (QED) is 0.849. The number of hydrogen-bond acceptors (Lipinski definition) is 1. The SMILES string of the molecule is Cl.ClCc1cc(Cl)cc(Cc2ncc[nH]2)c1. The first kappa shape index (κ1) is 13.4. The van der Waals surface area contributed by atoms with Crippen LogP contribution in [0.15, 0.2) is 30.6 Å². The van der Waals surface area contributed by atoms with Crippen LogP contribution in [0.1, 0.15) is 17.0 Å². The summed E-state index contributed by atoms with van der Waals surface area (Å²) >= 11 is 11.8. The van der Waals surface area contributed by atoms with Crippen LogP contribution in [0, 0.1) is 0 Å². The van der Waals surface area contributed by atoms with E-state index in [2.05, 4.69) is 9.97 Å². The molecule has 1 aromatic heterocycles. The molecule has 0 atom stereocenters. The van der Waals surface area contributed by atoms with Crippen molar-refractivity contribution in [1.82, 2.24) is 9.97 Å². The Morgan fingerprint density at radius 3 is 2.56 bits per heavy atom. The van der Waals surface area contributed by atoms with Gasteiger partial charge in [0.15, 0.2) is 0 Å². The molecule has 0 bridgehead atoms. The summed E-state index contributed by atoms with van der Waals surface area (Å²) in [6.07, 6.45) is 4.29. The Morgan fingerprint density at radius 1 is 1.19 bits per heavy atom. The number of aromatic amines is 1. The van der Waals surface area contributed by atoms with Gasteiger partial charge in [-0.2, -0.15) is 0 Å². The van der Waals surface area contributed by atoms with E-state index in [-0.39, 0.29) is 12.4 Å². The highest BCUT2D eigenvalue weighted by atomic mass is 35.5. The predicted molar refractivity (Wildman–Crippen MR) is 69.7 cm³/mol. The molecule has 2 nitrogen and oxygen atoms in total. The van der Waals surface area contributed by atoms with Gasteiger partial charge in [0.1, 0.15) is 5.82 Å². The molecule has 16 heavy (non-hydrogen) atoms. The predicted octanol–water partition coefficient (Wildman–Crippen LogP) is 3.81. The third kappa shape index (κ3) is 3.41. The van der Waals surface area contributed by atoms with E-state index in [9.17, 15) is 0 Å². The smallest absolute Gasteiger partial charge is 0.110 e. The normalized spacial score (nSPS) is 9.88. The van der Waals surface area contributed by atoms with Crippen LogP contribution in [0.3, 0.4) is 0 Å². The van der Waals surface area contributed by atoms with Gasteiger partial charge in [0.2, 0.25) is 0 Å². The van der Waals surface area contributed by atoms with Crippen molar-refractivity contribution in [2.75, 3.05) is 0 Å². The Hall–Kier alpha value is -0.700. The Labute approximate surface area is 110 Å². The number of nitrogens with one attached hydrogen (secondary N) is 1. The van der Waals surface area contributed by atoms with E-state index in [0.717, 1.165) is 28.4 Å². The molecule has 0 aliphatic carbocycles. The number of H-pyrrole nitrogens is 1. The molecule has 0 saturated carbocycles. The van der Waals surface area contributed by atoms with Crippen molar-refractivity contribution in [3.63, 3.8) is 0 Å². The number of hydrogen-bond donors (Lipinski definition) is 1. The molecule has 5 heteroatoms. The van der Waals surface area contributed by atoms with Crippen molar-refractivity contribution in [3.8, 4) is 0 Å². The maximum absolute atomic E-state index is 5.98. The minimum absolute atomic E-state index is 0. The van der Waals surface area contributed by atoms with Crippen LogP contribution in [0.2, 0.25) is 5.02 Å². The fourth-order valence-electron chi connectivity index (χ4n) is 1.48. The highest BCUT2D eigenvalue weighted by molar-refractivity contribution is 6.30. The standard InChI is InChI=1S/C11H10Cl2N2.ClH/c12-7-9-3-8(4-10(13)5-9)6-11-14-1-2-15-11;/h1-5H,6-7H2,(H,14,15);1H. The zero-order valence-electron chi connectivity index (χ0n) is 8.41. The lowest BCUT2D eigenvalue weighted by atomic mass is 10.1. The van der Waals surface area contributed by atoms with Crippen LogP contribution in [0.25, 0.3) is 0 Å². The minimum atomic E-state index is 0. The van der Waals surface area contributed by atoms with E-state index in [0.29, 0.717) is 5.88 Å². The van der Waals surface area contributed by atoms with Crippen molar-refractivity contribution < 1.29 is 0 Å². The van der Waals surface area contributed by atoms with E-state index >= 15 is 0 Å². The number of alkyl halides is 1. The highest BCUT2D eigenvalue weighted by Gasteiger charge is 2.02. The van der Waals surface area contributed by atoms with Gasteiger partial charge in [-0.15, -0.1) is 24.0 Å². The second kappa shape index (κ2) is 6.14. The van der Waals surface area contributed by atoms with Crippen LogP contribution >= 0.6 is 35.6 Å². The highest BCUT2D eigenvalue weighted by Crippen LogP contribution is 2.18. The minimum Gasteiger partial charge on any atom is -0.348 e. The molecule has 0 saturated heterocycles. The van der Waals surface area contributed by atoms with Crippen molar-refractivity contribution in [1.29, 1.82) is 0 Å². The van der Waals surface area contributed by atoms with E-state index in [1.165, 1.54) is 0 Å². The van der Waals surface area contributed by atoms with Gasteiger partial charge in [-0.1, -0.05) is 17.7 Å². The molecule has 2 rings (SSSR count). The monoisotopic (exact) mass is 276 g/mol. The molecule has 1 heterocycles. The molecule has 1 N–H and O–H groups in total. The van der Waals surface area contributed by atoms with Crippen LogP contribution in [0.4, 0.5) is 0 Å². The number of aromatic nitrogens is 2. The molecule has 1 aromatic carbocycles. The first-order chi connectivity index (χ1) is 7.28. The van der Waals surface area contributed by atoms with Gasteiger partial charge in [0.05, 0.1) is 0 Å². The molecular formula is C11H11Cl3N2. The van der Waals surface area contributed by atoms with Gasteiger partial charge in [-0.25, -0.2) is 4.98 Å². The van der Waals surface area contributed by atoms with Crippen LogP contribution in [0.5, 0.6) is 0 Å². The maximum atomic E-state index is 5.98. The summed E-state index contributed by atoms with van der Waals surface area (Å²) in [6, 6.07) is 5.85. The van der Waals surface area contributed by atoms with E-state index < -0.39 is 0 Å². The van der Waals surface area contributed by atoms with Crippen molar-refractivity contribution in [2.24, 2.45) is 0 Å².